The molecule has 0 amide bonds. The van der Waals surface area contributed by atoms with Gasteiger partial charge >= 0.3 is 0 Å². The molecule has 2 rings (SSSR count). The minimum absolute atomic E-state index is 0.684. The van der Waals surface area contributed by atoms with E-state index in [-0.39, 0.29) is 0 Å². The molecule has 1 aromatic heterocycles. The minimum atomic E-state index is 0.684. The van der Waals surface area contributed by atoms with Gasteiger partial charge in [0.2, 0.25) is 0 Å². The normalized spacial score (nSPS) is 10.2. The summed E-state index contributed by atoms with van der Waals surface area (Å²) in [4.78, 5) is 6.39. The van der Waals surface area contributed by atoms with Crippen molar-refractivity contribution in [1.29, 1.82) is 0 Å². The summed E-state index contributed by atoms with van der Waals surface area (Å²) in [5.41, 5.74) is 1.08. The van der Waals surface area contributed by atoms with Gasteiger partial charge in [0.1, 0.15) is 11.6 Å². The summed E-state index contributed by atoms with van der Waals surface area (Å²) in [7, 11) is 1.99. The number of hydrogen-bond donors (Lipinski definition) is 0. The highest BCUT2D eigenvalue weighted by Crippen LogP contribution is 2.24. The molecule has 0 saturated heterocycles. The zero-order valence-corrected chi connectivity index (χ0v) is 12.0. The smallest absolute Gasteiger partial charge is 0.132 e. The largest absolute Gasteiger partial charge is 0.494 e. The minimum Gasteiger partial charge on any atom is -0.494 e. The highest BCUT2D eigenvalue weighted by Gasteiger charge is 2.05. The van der Waals surface area contributed by atoms with Crippen LogP contribution in [0.3, 0.4) is 0 Å². The Labute approximate surface area is 116 Å². The summed E-state index contributed by atoms with van der Waals surface area (Å²) in [5, 5.41) is 0. The van der Waals surface area contributed by atoms with E-state index in [9.17, 15) is 0 Å². The molecular formula is C14H15BrN2O. The molecule has 0 atom stereocenters. The van der Waals surface area contributed by atoms with Gasteiger partial charge in [0.25, 0.3) is 0 Å². The molecule has 0 N–H and O–H groups in total. The third-order valence-electron chi connectivity index (χ3n) is 2.59. The van der Waals surface area contributed by atoms with E-state index in [1.807, 2.05) is 55.3 Å². The number of nitrogens with zero attached hydrogens (tertiary/aromatic N) is 2. The highest BCUT2D eigenvalue weighted by molar-refractivity contribution is 9.10. The van der Waals surface area contributed by atoms with Crippen LogP contribution >= 0.6 is 15.9 Å². The van der Waals surface area contributed by atoms with Crippen LogP contribution in [-0.4, -0.2) is 18.6 Å². The van der Waals surface area contributed by atoms with Crippen molar-refractivity contribution in [2.75, 3.05) is 18.6 Å². The lowest BCUT2D eigenvalue weighted by Crippen LogP contribution is -2.10. The number of aromatic nitrogens is 1. The molecule has 1 aromatic carbocycles. The van der Waals surface area contributed by atoms with Crippen molar-refractivity contribution < 1.29 is 4.74 Å². The molecule has 0 unspecified atom stereocenters. The first kappa shape index (κ1) is 12.9. The van der Waals surface area contributed by atoms with Crippen LogP contribution in [0.1, 0.15) is 6.92 Å². The van der Waals surface area contributed by atoms with Crippen LogP contribution in [-0.2, 0) is 0 Å². The van der Waals surface area contributed by atoms with Gasteiger partial charge in [0.05, 0.1) is 6.61 Å². The summed E-state index contributed by atoms with van der Waals surface area (Å²) in [6.45, 7) is 2.66. The Balaban J connectivity index is 2.17. The van der Waals surface area contributed by atoms with E-state index in [0.717, 1.165) is 21.7 Å². The van der Waals surface area contributed by atoms with E-state index in [1.54, 1.807) is 6.20 Å². The lowest BCUT2D eigenvalue weighted by molar-refractivity contribution is 0.340. The first-order valence-corrected chi connectivity index (χ1v) is 6.58. The number of ether oxygens (including phenoxy) is 1. The Morgan fingerprint density at radius 1 is 1.17 bits per heavy atom. The molecule has 0 aliphatic rings. The average molecular weight is 307 g/mol. The molecule has 0 aliphatic heterocycles. The molecule has 0 spiro atoms. The van der Waals surface area contributed by atoms with E-state index in [2.05, 4.69) is 20.9 Å². The lowest BCUT2D eigenvalue weighted by Gasteiger charge is -2.18. The zero-order chi connectivity index (χ0) is 13.0. The summed E-state index contributed by atoms with van der Waals surface area (Å²) in [5.74, 6) is 1.79. The number of anilines is 2. The first-order chi connectivity index (χ1) is 8.70. The molecule has 18 heavy (non-hydrogen) atoms. The molecule has 0 saturated carbocycles. The van der Waals surface area contributed by atoms with Crippen molar-refractivity contribution in [2.24, 2.45) is 0 Å². The second kappa shape index (κ2) is 5.87. The van der Waals surface area contributed by atoms with Crippen molar-refractivity contribution in [1.82, 2.24) is 4.98 Å². The molecule has 0 fully saturated rings. The third kappa shape index (κ3) is 3.01. The van der Waals surface area contributed by atoms with E-state index in [0.29, 0.717) is 6.61 Å². The van der Waals surface area contributed by atoms with Gasteiger partial charge in [-0.2, -0.15) is 0 Å². The number of benzene rings is 1. The van der Waals surface area contributed by atoms with Gasteiger partial charge in [-0.1, -0.05) is 0 Å². The topological polar surface area (TPSA) is 25.4 Å². The molecule has 2 aromatic rings. The van der Waals surface area contributed by atoms with Gasteiger partial charge in [0, 0.05) is 23.4 Å². The maximum absolute atomic E-state index is 5.42. The second-order valence-corrected chi connectivity index (χ2v) is 4.74. The van der Waals surface area contributed by atoms with Crippen molar-refractivity contribution in [3.05, 3.63) is 47.1 Å². The van der Waals surface area contributed by atoms with Gasteiger partial charge in [-0.15, -0.1) is 0 Å². The predicted octanol–water partition coefficient (Wildman–Crippen LogP) is 4.01. The summed E-state index contributed by atoms with van der Waals surface area (Å²) in [6.07, 6.45) is 1.79. The number of hydrogen-bond acceptors (Lipinski definition) is 3. The fraction of sp³-hybridized carbons (Fsp3) is 0.214. The molecule has 0 radical (unpaired) electrons. The number of pyridine rings is 1. The van der Waals surface area contributed by atoms with Gasteiger partial charge in [-0.05, 0) is 59.3 Å². The maximum atomic E-state index is 5.42. The van der Waals surface area contributed by atoms with Crippen molar-refractivity contribution in [2.45, 2.75) is 6.92 Å². The molecule has 3 nitrogen and oxygen atoms in total. The third-order valence-corrected chi connectivity index (χ3v) is 3.06. The molecule has 1 heterocycles. The first-order valence-electron chi connectivity index (χ1n) is 5.79. The molecule has 0 aliphatic carbocycles. The van der Waals surface area contributed by atoms with Crippen LogP contribution in [0.2, 0.25) is 0 Å². The van der Waals surface area contributed by atoms with Gasteiger partial charge in [0.15, 0.2) is 0 Å². The molecule has 94 valence electrons. The van der Waals surface area contributed by atoms with E-state index in [4.69, 9.17) is 4.74 Å². The van der Waals surface area contributed by atoms with Crippen LogP contribution in [0.5, 0.6) is 5.75 Å². The summed E-state index contributed by atoms with van der Waals surface area (Å²) >= 11 is 3.38. The van der Waals surface area contributed by atoms with Gasteiger partial charge in [-0.25, -0.2) is 4.98 Å². The number of rotatable bonds is 4. The lowest BCUT2D eigenvalue weighted by atomic mass is 10.3. The van der Waals surface area contributed by atoms with Crippen LogP contribution in [0, 0.1) is 0 Å². The monoisotopic (exact) mass is 306 g/mol. The van der Waals surface area contributed by atoms with E-state index >= 15 is 0 Å². The van der Waals surface area contributed by atoms with Crippen LogP contribution in [0.15, 0.2) is 47.1 Å². The SMILES string of the molecule is CCOc1ccc(N(C)c2ccc(Br)cn2)cc1. The Morgan fingerprint density at radius 3 is 2.44 bits per heavy atom. The van der Waals surface area contributed by atoms with Crippen molar-refractivity contribution >= 4 is 27.4 Å². The Bertz CT molecular complexity index is 496. The van der Waals surface area contributed by atoms with E-state index < -0.39 is 0 Å². The maximum Gasteiger partial charge on any atom is 0.132 e. The van der Waals surface area contributed by atoms with Crippen molar-refractivity contribution in [3.8, 4) is 5.75 Å². The Morgan fingerprint density at radius 2 is 1.89 bits per heavy atom. The van der Waals surface area contributed by atoms with Crippen molar-refractivity contribution in [3.63, 3.8) is 0 Å². The molecular weight excluding hydrogens is 292 g/mol. The predicted molar refractivity (Wildman–Crippen MR) is 77.6 cm³/mol. The Hall–Kier alpha value is -1.55. The summed E-state index contributed by atoms with van der Waals surface area (Å²) in [6, 6.07) is 11.9. The standard InChI is InChI=1S/C14H15BrN2O/c1-3-18-13-7-5-12(6-8-13)17(2)14-9-4-11(15)10-16-14/h4-10H,3H2,1-2H3. The van der Waals surface area contributed by atoms with Crippen LogP contribution < -0.4 is 9.64 Å². The second-order valence-electron chi connectivity index (χ2n) is 3.82. The fourth-order valence-corrected chi connectivity index (χ4v) is 1.87. The average Bonchev–Trinajstić information content (AvgIpc) is 2.40. The van der Waals surface area contributed by atoms with Gasteiger partial charge < -0.3 is 9.64 Å². The number of halogens is 1. The Kier molecular flexibility index (Phi) is 4.20. The zero-order valence-electron chi connectivity index (χ0n) is 10.4. The fourth-order valence-electron chi connectivity index (χ4n) is 1.63. The quantitative estimate of drug-likeness (QED) is 0.853. The van der Waals surface area contributed by atoms with Crippen LogP contribution in [0.25, 0.3) is 0 Å². The highest BCUT2D eigenvalue weighted by atomic mass is 79.9. The molecule has 4 heteroatoms. The summed E-state index contributed by atoms with van der Waals surface area (Å²) < 4.78 is 6.40. The van der Waals surface area contributed by atoms with E-state index in [1.165, 1.54) is 0 Å². The van der Waals surface area contributed by atoms with Gasteiger partial charge in [-0.3, -0.25) is 0 Å². The molecule has 0 bridgehead atoms. The van der Waals surface area contributed by atoms with Crippen LogP contribution in [0.4, 0.5) is 11.5 Å².